The van der Waals surface area contributed by atoms with Gasteiger partial charge in [-0.05, 0) is 40.0 Å². The van der Waals surface area contributed by atoms with Crippen molar-refractivity contribution in [3.63, 3.8) is 0 Å². The van der Waals surface area contributed by atoms with Crippen LogP contribution in [0.3, 0.4) is 0 Å². The van der Waals surface area contributed by atoms with E-state index < -0.39 is 0 Å². The Morgan fingerprint density at radius 3 is 2.78 bits per heavy atom. The summed E-state index contributed by atoms with van der Waals surface area (Å²) in [6.45, 7) is 1.91. The largest absolute Gasteiger partial charge is 0.296 e. The molecule has 1 N–H and O–H groups in total. The zero-order chi connectivity index (χ0) is 13.3. The number of imide groups is 1. The molecule has 96 valence electrons. The van der Waals surface area contributed by atoms with E-state index in [1.165, 1.54) is 6.07 Å². The number of halogens is 2. The van der Waals surface area contributed by atoms with Crippen LogP contribution in [0.15, 0.2) is 22.7 Å². The highest BCUT2D eigenvalue weighted by atomic mass is 79.9. The van der Waals surface area contributed by atoms with Gasteiger partial charge in [0.1, 0.15) is 5.82 Å². The number of carbonyl (C=O) groups excluding carboxylic acids is 2. The van der Waals surface area contributed by atoms with Crippen LogP contribution in [0.4, 0.5) is 4.39 Å². The number of rotatable bonds is 2. The molecule has 5 heteroatoms. The molecule has 18 heavy (non-hydrogen) atoms. The Morgan fingerprint density at radius 2 is 2.17 bits per heavy atom. The van der Waals surface area contributed by atoms with E-state index in [9.17, 15) is 14.0 Å². The predicted molar refractivity (Wildman–Crippen MR) is 68.4 cm³/mol. The number of benzene rings is 1. The number of hydrogen-bond acceptors (Lipinski definition) is 2. The Kier molecular flexibility index (Phi) is 3.80. The summed E-state index contributed by atoms with van der Waals surface area (Å²) in [5.74, 6) is -1.26. The second-order valence-electron chi connectivity index (χ2n) is 4.41. The van der Waals surface area contributed by atoms with Crippen molar-refractivity contribution >= 4 is 27.7 Å². The Hall–Kier alpha value is -1.23. The van der Waals surface area contributed by atoms with Gasteiger partial charge < -0.3 is 0 Å². The lowest BCUT2D eigenvalue weighted by atomic mass is 9.79. The zero-order valence-electron chi connectivity index (χ0n) is 9.87. The summed E-state index contributed by atoms with van der Waals surface area (Å²) in [6, 6.07) is 4.64. The molecule has 2 amide bonds. The molecule has 1 heterocycles. The molecule has 1 saturated heterocycles. The van der Waals surface area contributed by atoms with Crippen LogP contribution >= 0.6 is 15.9 Å². The van der Waals surface area contributed by atoms with Gasteiger partial charge in [0.25, 0.3) is 0 Å². The molecule has 2 unspecified atom stereocenters. The highest BCUT2D eigenvalue weighted by molar-refractivity contribution is 9.10. The first kappa shape index (κ1) is 13.2. The maximum Gasteiger partial charge on any atom is 0.230 e. The van der Waals surface area contributed by atoms with Gasteiger partial charge in [-0.15, -0.1) is 0 Å². The lowest BCUT2D eigenvalue weighted by Crippen LogP contribution is -2.44. The predicted octanol–water partition coefficient (Wildman–Crippen LogP) is 2.74. The van der Waals surface area contributed by atoms with Crippen molar-refractivity contribution in [3.8, 4) is 0 Å². The highest BCUT2D eigenvalue weighted by Crippen LogP contribution is 2.34. The van der Waals surface area contributed by atoms with E-state index in [0.717, 1.165) is 5.56 Å². The number of piperidine rings is 1. The summed E-state index contributed by atoms with van der Waals surface area (Å²) in [6.07, 6.45) is 0.918. The van der Waals surface area contributed by atoms with Gasteiger partial charge >= 0.3 is 0 Å². The average Bonchev–Trinajstić information content (AvgIpc) is 2.32. The van der Waals surface area contributed by atoms with Gasteiger partial charge in [0.05, 0.1) is 4.47 Å². The van der Waals surface area contributed by atoms with Crippen molar-refractivity contribution in [3.05, 3.63) is 34.1 Å². The Morgan fingerprint density at radius 1 is 1.44 bits per heavy atom. The number of hydrogen-bond donors (Lipinski definition) is 1. The molecule has 1 aromatic carbocycles. The minimum Gasteiger partial charge on any atom is -0.296 e. The Bertz CT molecular complexity index is 504. The molecule has 0 saturated carbocycles. The first-order valence-electron chi connectivity index (χ1n) is 5.81. The maximum absolute atomic E-state index is 13.2. The summed E-state index contributed by atoms with van der Waals surface area (Å²) in [5.41, 5.74) is 0.818. The Balaban J connectivity index is 2.36. The van der Waals surface area contributed by atoms with Gasteiger partial charge in [-0.3, -0.25) is 14.9 Å². The quantitative estimate of drug-likeness (QED) is 0.853. The molecule has 3 nitrogen and oxygen atoms in total. The standard InChI is InChI=1S/C13H13BrFNO2/c1-2-8-9(6-12(17)16-13(8)18)7-3-4-11(15)10(14)5-7/h3-5,8-9H,2,6H2,1H3,(H,16,17,18). The normalized spacial score (nSPS) is 23.9. The smallest absolute Gasteiger partial charge is 0.230 e. The molecule has 1 aliphatic heterocycles. The monoisotopic (exact) mass is 313 g/mol. The van der Waals surface area contributed by atoms with Crippen LogP contribution in [0, 0.1) is 11.7 Å². The first-order chi connectivity index (χ1) is 8.52. The van der Waals surface area contributed by atoms with E-state index in [0.29, 0.717) is 10.9 Å². The minimum absolute atomic E-state index is 0.173. The molecule has 1 aromatic rings. The van der Waals surface area contributed by atoms with E-state index in [1.54, 1.807) is 12.1 Å². The van der Waals surface area contributed by atoms with E-state index >= 15 is 0 Å². The van der Waals surface area contributed by atoms with Gasteiger partial charge in [-0.25, -0.2) is 4.39 Å². The van der Waals surface area contributed by atoms with Crippen LogP contribution < -0.4 is 5.32 Å². The molecule has 0 radical (unpaired) electrons. The summed E-state index contributed by atoms with van der Waals surface area (Å²) in [7, 11) is 0. The van der Waals surface area contributed by atoms with Crippen molar-refractivity contribution in [2.24, 2.45) is 5.92 Å². The lowest BCUT2D eigenvalue weighted by molar-refractivity contribution is -0.137. The summed E-state index contributed by atoms with van der Waals surface area (Å²) in [4.78, 5) is 23.2. The highest BCUT2D eigenvalue weighted by Gasteiger charge is 2.35. The van der Waals surface area contributed by atoms with Gasteiger partial charge in [-0.1, -0.05) is 13.0 Å². The van der Waals surface area contributed by atoms with E-state index in [1.807, 2.05) is 6.92 Å². The molecule has 0 aromatic heterocycles. The molecule has 2 atom stereocenters. The van der Waals surface area contributed by atoms with Gasteiger partial charge in [0.2, 0.25) is 11.8 Å². The minimum atomic E-state index is -0.349. The fraction of sp³-hybridized carbons (Fsp3) is 0.385. The summed E-state index contributed by atoms with van der Waals surface area (Å²) in [5, 5.41) is 2.34. The molecule has 2 rings (SSSR count). The first-order valence-corrected chi connectivity index (χ1v) is 6.61. The maximum atomic E-state index is 13.2. The van der Waals surface area contributed by atoms with Gasteiger partial charge in [-0.2, -0.15) is 0 Å². The molecule has 0 spiro atoms. The van der Waals surface area contributed by atoms with E-state index in [-0.39, 0.29) is 35.9 Å². The van der Waals surface area contributed by atoms with Crippen LogP contribution in [0.1, 0.15) is 31.2 Å². The second-order valence-corrected chi connectivity index (χ2v) is 5.27. The van der Waals surface area contributed by atoms with Crippen molar-refractivity contribution in [2.75, 3.05) is 0 Å². The molecular formula is C13H13BrFNO2. The number of nitrogens with one attached hydrogen (secondary N) is 1. The summed E-state index contributed by atoms with van der Waals surface area (Å²) >= 11 is 3.12. The van der Waals surface area contributed by atoms with Crippen LogP contribution in [-0.2, 0) is 9.59 Å². The fourth-order valence-corrected chi connectivity index (χ4v) is 2.77. The molecule has 1 fully saturated rings. The molecule has 0 aliphatic carbocycles. The number of amides is 2. The third-order valence-corrected chi connectivity index (χ3v) is 3.91. The second kappa shape index (κ2) is 5.18. The Labute approximate surface area is 113 Å². The zero-order valence-corrected chi connectivity index (χ0v) is 11.5. The van der Waals surface area contributed by atoms with Gasteiger partial charge in [0, 0.05) is 18.3 Å². The van der Waals surface area contributed by atoms with Crippen molar-refractivity contribution in [1.82, 2.24) is 5.32 Å². The third kappa shape index (κ3) is 2.46. The number of carbonyl (C=O) groups is 2. The van der Waals surface area contributed by atoms with Crippen LogP contribution in [0.25, 0.3) is 0 Å². The van der Waals surface area contributed by atoms with E-state index in [2.05, 4.69) is 21.2 Å². The average molecular weight is 314 g/mol. The van der Waals surface area contributed by atoms with Crippen LogP contribution in [0.2, 0.25) is 0 Å². The fourth-order valence-electron chi connectivity index (χ4n) is 2.37. The van der Waals surface area contributed by atoms with Crippen LogP contribution in [0.5, 0.6) is 0 Å². The van der Waals surface area contributed by atoms with E-state index in [4.69, 9.17) is 0 Å². The SMILES string of the molecule is CCC1C(=O)NC(=O)CC1c1ccc(F)c(Br)c1. The third-order valence-electron chi connectivity index (χ3n) is 3.30. The van der Waals surface area contributed by atoms with Crippen molar-refractivity contribution < 1.29 is 14.0 Å². The summed E-state index contributed by atoms with van der Waals surface area (Å²) < 4.78 is 13.6. The van der Waals surface area contributed by atoms with Crippen molar-refractivity contribution in [2.45, 2.75) is 25.7 Å². The lowest BCUT2D eigenvalue weighted by Gasteiger charge is -2.29. The van der Waals surface area contributed by atoms with Crippen LogP contribution in [-0.4, -0.2) is 11.8 Å². The molecular weight excluding hydrogens is 301 g/mol. The van der Waals surface area contributed by atoms with Gasteiger partial charge in [0.15, 0.2) is 0 Å². The van der Waals surface area contributed by atoms with Crippen molar-refractivity contribution in [1.29, 1.82) is 0 Å². The molecule has 0 bridgehead atoms. The molecule has 1 aliphatic rings. The topological polar surface area (TPSA) is 46.2 Å².